The first-order valence-corrected chi connectivity index (χ1v) is 10.0. The predicted octanol–water partition coefficient (Wildman–Crippen LogP) is 2.12. The number of rotatable bonds is 6. The molecule has 0 amide bonds. The quantitative estimate of drug-likeness (QED) is 0.534. The molecule has 0 N–H and O–H groups in total. The van der Waals surface area contributed by atoms with Crippen LogP contribution in [0.1, 0.15) is 0 Å². The highest BCUT2D eigenvalue weighted by Crippen LogP contribution is 2.33. The van der Waals surface area contributed by atoms with Gasteiger partial charge in [-0.3, -0.25) is 10.1 Å². The van der Waals surface area contributed by atoms with Crippen LogP contribution in [0.25, 0.3) is 0 Å². The summed E-state index contributed by atoms with van der Waals surface area (Å²) < 4.78 is 37.9. The van der Waals surface area contributed by atoms with Crippen LogP contribution in [0.3, 0.4) is 0 Å². The number of nitro groups is 1. The fraction of sp³-hybridized carbons (Fsp3) is 0.333. The molecule has 2 aromatic carbocycles. The molecular formula is C18H21N3O6S. The van der Waals surface area contributed by atoms with E-state index in [-0.39, 0.29) is 29.4 Å². The fourth-order valence-electron chi connectivity index (χ4n) is 3.18. The van der Waals surface area contributed by atoms with E-state index in [2.05, 4.69) is 0 Å². The summed E-state index contributed by atoms with van der Waals surface area (Å²) in [5.74, 6) is 0.653. The van der Waals surface area contributed by atoms with Gasteiger partial charge in [-0.2, -0.15) is 4.31 Å². The van der Waals surface area contributed by atoms with Gasteiger partial charge in [-0.05, 0) is 18.2 Å². The molecule has 1 aliphatic rings. The third-order valence-electron chi connectivity index (χ3n) is 4.65. The molecule has 0 aromatic heterocycles. The minimum absolute atomic E-state index is 0.00766. The lowest BCUT2D eigenvalue weighted by atomic mass is 10.2. The van der Waals surface area contributed by atoms with Crippen LogP contribution in [-0.4, -0.2) is 58.0 Å². The van der Waals surface area contributed by atoms with E-state index in [0.29, 0.717) is 24.5 Å². The Morgan fingerprint density at radius 3 is 2.29 bits per heavy atom. The molecule has 10 heteroatoms. The smallest absolute Gasteiger partial charge is 0.292 e. The Kier molecular flexibility index (Phi) is 5.71. The molecule has 2 aromatic rings. The minimum Gasteiger partial charge on any atom is -0.497 e. The minimum atomic E-state index is -3.80. The Labute approximate surface area is 163 Å². The van der Waals surface area contributed by atoms with Crippen molar-refractivity contribution in [2.75, 3.05) is 45.3 Å². The summed E-state index contributed by atoms with van der Waals surface area (Å²) in [6, 6.07) is 11.1. The molecule has 0 unspecified atom stereocenters. The molecule has 9 nitrogen and oxygen atoms in total. The number of piperazine rings is 1. The van der Waals surface area contributed by atoms with Crippen LogP contribution in [-0.2, 0) is 10.0 Å². The van der Waals surface area contributed by atoms with Crippen molar-refractivity contribution in [3.63, 3.8) is 0 Å². The Hall–Kier alpha value is -2.85. The molecule has 0 bridgehead atoms. The van der Waals surface area contributed by atoms with E-state index in [4.69, 9.17) is 9.47 Å². The number of methoxy groups -OCH3 is 2. The van der Waals surface area contributed by atoms with E-state index < -0.39 is 14.9 Å². The average molecular weight is 407 g/mol. The van der Waals surface area contributed by atoms with Crippen molar-refractivity contribution >= 4 is 21.4 Å². The first-order valence-electron chi connectivity index (χ1n) is 8.59. The van der Waals surface area contributed by atoms with Crippen LogP contribution in [0.15, 0.2) is 47.4 Å². The second kappa shape index (κ2) is 8.03. The fourth-order valence-corrected chi connectivity index (χ4v) is 4.77. The third-order valence-corrected chi connectivity index (χ3v) is 6.57. The number of anilines is 1. The summed E-state index contributed by atoms with van der Waals surface area (Å²) in [6.07, 6.45) is 0. The number of benzene rings is 2. The summed E-state index contributed by atoms with van der Waals surface area (Å²) in [5.41, 5.74) is 0.497. The molecule has 1 heterocycles. The van der Waals surface area contributed by atoms with Crippen LogP contribution in [0.5, 0.6) is 11.5 Å². The molecule has 28 heavy (non-hydrogen) atoms. The molecule has 1 fully saturated rings. The number of hydrogen-bond donors (Lipinski definition) is 0. The lowest BCUT2D eigenvalue weighted by Crippen LogP contribution is -2.48. The maximum Gasteiger partial charge on any atom is 0.292 e. The Morgan fingerprint density at radius 2 is 1.68 bits per heavy atom. The molecule has 0 atom stereocenters. The second-order valence-electron chi connectivity index (χ2n) is 6.15. The van der Waals surface area contributed by atoms with Gasteiger partial charge in [0.25, 0.3) is 5.69 Å². The molecule has 0 spiro atoms. The summed E-state index contributed by atoms with van der Waals surface area (Å²) in [4.78, 5) is 12.7. The van der Waals surface area contributed by atoms with Crippen LogP contribution in [0.2, 0.25) is 0 Å². The lowest BCUT2D eigenvalue weighted by molar-refractivity contribution is -0.384. The van der Waals surface area contributed by atoms with Crippen molar-refractivity contribution in [1.29, 1.82) is 0 Å². The maximum atomic E-state index is 13.1. The van der Waals surface area contributed by atoms with Crippen molar-refractivity contribution in [3.05, 3.63) is 52.6 Å². The van der Waals surface area contributed by atoms with Gasteiger partial charge in [0.1, 0.15) is 22.1 Å². The zero-order chi connectivity index (χ0) is 20.3. The van der Waals surface area contributed by atoms with Gasteiger partial charge in [0.15, 0.2) is 0 Å². The number of nitro benzene ring substituents is 1. The second-order valence-corrected chi connectivity index (χ2v) is 8.06. The Bertz CT molecular complexity index is 971. The lowest BCUT2D eigenvalue weighted by Gasteiger charge is -2.35. The molecule has 0 radical (unpaired) electrons. The van der Waals surface area contributed by atoms with Gasteiger partial charge in [-0.25, -0.2) is 8.42 Å². The van der Waals surface area contributed by atoms with Gasteiger partial charge >= 0.3 is 0 Å². The summed E-state index contributed by atoms with van der Waals surface area (Å²) in [7, 11) is -0.930. The van der Waals surface area contributed by atoms with Crippen LogP contribution in [0, 0.1) is 10.1 Å². The highest BCUT2D eigenvalue weighted by molar-refractivity contribution is 7.89. The van der Waals surface area contributed by atoms with Crippen molar-refractivity contribution in [1.82, 2.24) is 4.31 Å². The normalized spacial score (nSPS) is 15.3. The predicted molar refractivity (Wildman–Crippen MR) is 104 cm³/mol. The SMILES string of the molecule is COc1ccc(OC)c(S(=O)(=O)N2CCN(c3ccccc3[N+](=O)[O-])CC2)c1. The monoisotopic (exact) mass is 407 g/mol. The highest BCUT2D eigenvalue weighted by Gasteiger charge is 2.32. The topological polar surface area (TPSA) is 102 Å². The molecular weight excluding hydrogens is 386 g/mol. The molecule has 3 rings (SSSR count). The Morgan fingerprint density at radius 1 is 1.00 bits per heavy atom. The van der Waals surface area contributed by atoms with E-state index in [1.54, 1.807) is 30.3 Å². The number of ether oxygens (including phenoxy) is 2. The first kappa shape index (κ1) is 19.9. The highest BCUT2D eigenvalue weighted by atomic mass is 32.2. The van der Waals surface area contributed by atoms with Crippen LogP contribution < -0.4 is 14.4 Å². The van der Waals surface area contributed by atoms with E-state index in [0.717, 1.165) is 0 Å². The van der Waals surface area contributed by atoms with Crippen molar-refractivity contribution in [3.8, 4) is 11.5 Å². The molecule has 0 aliphatic carbocycles. The summed E-state index contributed by atoms with van der Waals surface area (Å²) in [6.45, 7) is 1.09. The standard InChI is InChI=1S/C18H21N3O6S/c1-26-14-7-8-17(27-2)18(13-14)28(24,25)20-11-9-19(10-12-20)15-5-3-4-6-16(15)21(22)23/h3-8,13H,9-12H2,1-2H3. The van der Waals surface area contributed by atoms with Crippen molar-refractivity contribution in [2.45, 2.75) is 4.90 Å². The van der Waals surface area contributed by atoms with Crippen molar-refractivity contribution in [2.24, 2.45) is 0 Å². The first-order chi connectivity index (χ1) is 13.4. The number of hydrogen-bond acceptors (Lipinski definition) is 7. The van der Waals surface area contributed by atoms with Gasteiger partial charge in [-0.1, -0.05) is 12.1 Å². The number of nitrogens with zero attached hydrogens (tertiary/aromatic N) is 3. The van der Waals surface area contributed by atoms with E-state index in [1.807, 2.05) is 4.90 Å². The number of para-hydroxylation sites is 2. The van der Waals surface area contributed by atoms with Gasteiger partial charge < -0.3 is 14.4 Å². The van der Waals surface area contributed by atoms with Crippen molar-refractivity contribution < 1.29 is 22.8 Å². The molecule has 0 saturated carbocycles. The zero-order valence-electron chi connectivity index (χ0n) is 15.6. The summed E-state index contributed by atoms with van der Waals surface area (Å²) in [5, 5.41) is 11.3. The molecule has 1 saturated heterocycles. The Balaban J connectivity index is 1.83. The average Bonchev–Trinajstić information content (AvgIpc) is 2.73. The van der Waals surface area contributed by atoms with Gasteiger partial charge in [0, 0.05) is 38.3 Å². The van der Waals surface area contributed by atoms with Gasteiger partial charge in [0.2, 0.25) is 10.0 Å². The largest absolute Gasteiger partial charge is 0.497 e. The zero-order valence-corrected chi connectivity index (χ0v) is 16.4. The van der Waals surface area contributed by atoms with Gasteiger partial charge in [-0.15, -0.1) is 0 Å². The van der Waals surface area contributed by atoms with Crippen LogP contribution in [0.4, 0.5) is 11.4 Å². The van der Waals surface area contributed by atoms with E-state index >= 15 is 0 Å². The van der Waals surface area contributed by atoms with Crippen LogP contribution >= 0.6 is 0 Å². The summed E-state index contributed by atoms with van der Waals surface area (Å²) >= 11 is 0. The van der Waals surface area contributed by atoms with Gasteiger partial charge in [0.05, 0.1) is 19.1 Å². The van der Waals surface area contributed by atoms with E-state index in [9.17, 15) is 18.5 Å². The number of sulfonamides is 1. The van der Waals surface area contributed by atoms with E-state index in [1.165, 1.54) is 30.7 Å². The molecule has 150 valence electrons. The molecule has 1 aliphatic heterocycles. The maximum absolute atomic E-state index is 13.1. The third kappa shape index (κ3) is 3.73.